The van der Waals surface area contributed by atoms with E-state index in [-0.39, 0.29) is 17.2 Å². The smallest absolute Gasteiger partial charge is 0.239 e. The van der Waals surface area contributed by atoms with Gasteiger partial charge in [-0.05, 0) is 36.1 Å². The number of carbonyl (C=O) groups is 1. The lowest BCUT2D eigenvalue weighted by atomic mass is 9.85. The van der Waals surface area contributed by atoms with Crippen LogP contribution in [-0.2, 0) is 20.6 Å². The second-order valence-electron chi connectivity index (χ2n) is 8.20. The molecule has 0 radical (unpaired) electrons. The van der Waals surface area contributed by atoms with Gasteiger partial charge in [0.05, 0.1) is 22.2 Å². The fourth-order valence-electron chi connectivity index (χ4n) is 4.64. The summed E-state index contributed by atoms with van der Waals surface area (Å²) in [7, 11) is -1.72. The Bertz CT molecular complexity index is 1150. The second-order valence-corrected chi connectivity index (χ2v) is 10.6. The first-order valence-corrected chi connectivity index (χ1v) is 11.8. The molecule has 8 nitrogen and oxygen atoms in total. The molecule has 3 aliphatic heterocycles. The average Bonchev–Trinajstić information content (AvgIpc) is 3.18. The molecule has 2 N–H and O–H groups in total. The van der Waals surface area contributed by atoms with Crippen molar-refractivity contribution in [3.05, 3.63) is 41.2 Å². The van der Waals surface area contributed by atoms with Gasteiger partial charge in [-0.25, -0.2) is 13.8 Å². The quantitative estimate of drug-likeness (QED) is 0.731. The first-order chi connectivity index (χ1) is 14.3. The highest BCUT2D eigenvalue weighted by Gasteiger charge is 2.41. The minimum atomic E-state index is -3.30. The van der Waals surface area contributed by atoms with E-state index in [0.29, 0.717) is 17.1 Å². The Balaban J connectivity index is 1.48. The summed E-state index contributed by atoms with van der Waals surface area (Å²) in [5.74, 6) is 0.0266. The third-order valence-electron chi connectivity index (χ3n) is 6.36. The number of aromatic nitrogens is 1. The molecular weight excluding hydrogens is 426 g/mol. The van der Waals surface area contributed by atoms with Crippen LogP contribution in [-0.4, -0.2) is 45.0 Å². The normalized spacial score (nSPS) is 21.7. The second kappa shape index (κ2) is 6.83. The number of hydrazine groups is 1. The van der Waals surface area contributed by atoms with Crippen LogP contribution >= 0.6 is 11.6 Å². The highest BCUT2D eigenvalue weighted by atomic mass is 35.5. The van der Waals surface area contributed by atoms with Crippen molar-refractivity contribution in [1.29, 1.82) is 0 Å². The topological polar surface area (TPSA) is 94.6 Å². The molecule has 0 aliphatic carbocycles. The van der Waals surface area contributed by atoms with E-state index in [1.54, 1.807) is 19.4 Å². The molecule has 1 aromatic heterocycles. The highest BCUT2D eigenvalue weighted by molar-refractivity contribution is 7.92. The number of hydrogen-bond donors (Lipinski definition) is 2. The first kappa shape index (κ1) is 19.6. The SMILES string of the molecule is CN1c2ccc(-c3cncc(Cl)c3N3CCC4(CC3)CC(=O)NN4)cc2CS1(=O)=O. The van der Waals surface area contributed by atoms with E-state index in [1.807, 2.05) is 18.2 Å². The molecule has 1 aromatic carbocycles. The Morgan fingerprint density at radius 1 is 1.20 bits per heavy atom. The van der Waals surface area contributed by atoms with Crippen LogP contribution in [0.5, 0.6) is 0 Å². The lowest BCUT2D eigenvalue weighted by molar-refractivity contribution is -0.119. The number of hydrogen-bond acceptors (Lipinski definition) is 6. The lowest BCUT2D eigenvalue weighted by Gasteiger charge is -2.40. The van der Waals surface area contributed by atoms with Crippen molar-refractivity contribution >= 4 is 38.9 Å². The van der Waals surface area contributed by atoms with E-state index in [2.05, 4.69) is 20.7 Å². The zero-order valence-electron chi connectivity index (χ0n) is 16.5. The molecule has 1 spiro atoms. The number of anilines is 2. The molecule has 0 atom stereocenters. The molecule has 4 heterocycles. The van der Waals surface area contributed by atoms with Gasteiger partial charge in [-0.15, -0.1) is 0 Å². The number of nitrogens with one attached hydrogen (secondary N) is 2. The molecule has 0 saturated carbocycles. The van der Waals surface area contributed by atoms with Crippen LogP contribution in [0.25, 0.3) is 11.1 Å². The van der Waals surface area contributed by atoms with Gasteiger partial charge >= 0.3 is 0 Å². The Kier molecular flexibility index (Phi) is 4.46. The number of pyridine rings is 1. The number of piperidine rings is 1. The van der Waals surface area contributed by atoms with Crippen LogP contribution in [0.2, 0.25) is 5.02 Å². The first-order valence-electron chi connectivity index (χ1n) is 9.82. The van der Waals surface area contributed by atoms with E-state index in [9.17, 15) is 13.2 Å². The van der Waals surface area contributed by atoms with E-state index < -0.39 is 10.0 Å². The monoisotopic (exact) mass is 447 g/mol. The molecule has 2 aromatic rings. The molecule has 158 valence electrons. The van der Waals surface area contributed by atoms with Gasteiger partial charge in [-0.2, -0.15) is 0 Å². The summed E-state index contributed by atoms with van der Waals surface area (Å²) < 4.78 is 25.8. The number of sulfonamides is 1. The van der Waals surface area contributed by atoms with Crippen LogP contribution < -0.4 is 20.1 Å². The van der Waals surface area contributed by atoms with Gasteiger partial charge in [0.15, 0.2) is 0 Å². The molecule has 30 heavy (non-hydrogen) atoms. The zero-order valence-corrected chi connectivity index (χ0v) is 18.1. The van der Waals surface area contributed by atoms with Gasteiger partial charge in [0.1, 0.15) is 0 Å². The standard InChI is InChI=1S/C20H22ClN5O3S/c1-25-17-3-2-13(8-14(17)12-30(25,28)29)15-10-22-11-16(21)19(15)26-6-4-20(5-7-26)9-18(27)23-24-20/h2-3,8,10-11,24H,4-7,9,12H2,1H3,(H,23,27). The van der Waals surface area contributed by atoms with Crippen molar-refractivity contribution in [2.24, 2.45) is 0 Å². The fourth-order valence-corrected chi connectivity index (χ4v) is 6.21. The predicted octanol–water partition coefficient (Wildman–Crippen LogP) is 2.05. The van der Waals surface area contributed by atoms with Gasteiger partial charge < -0.3 is 4.90 Å². The number of rotatable bonds is 2. The molecule has 3 aliphatic rings. The number of benzene rings is 1. The van der Waals surface area contributed by atoms with E-state index in [1.165, 1.54) is 4.31 Å². The van der Waals surface area contributed by atoms with E-state index >= 15 is 0 Å². The Morgan fingerprint density at radius 3 is 2.67 bits per heavy atom. The maximum absolute atomic E-state index is 12.2. The van der Waals surface area contributed by atoms with Crippen LogP contribution in [0, 0.1) is 0 Å². The predicted molar refractivity (Wildman–Crippen MR) is 116 cm³/mol. The van der Waals surface area contributed by atoms with Gasteiger partial charge in [0.25, 0.3) is 0 Å². The van der Waals surface area contributed by atoms with Crippen molar-refractivity contribution in [1.82, 2.24) is 15.8 Å². The Hall–Kier alpha value is -2.36. The Labute approximate surface area is 180 Å². The maximum Gasteiger partial charge on any atom is 0.239 e. The summed E-state index contributed by atoms with van der Waals surface area (Å²) in [5.41, 5.74) is 9.83. The summed E-state index contributed by atoms with van der Waals surface area (Å²) in [4.78, 5) is 18.2. The highest BCUT2D eigenvalue weighted by Crippen LogP contribution is 2.42. The average molecular weight is 448 g/mol. The van der Waals surface area contributed by atoms with Crippen molar-refractivity contribution in [3.63, 3.8) is 0 Å². The number of carbonyl (C=O) groups excluding carboxylic acids is 1. The van der Waals surface area contributed by atoms with Crippen LogP contribution in [0.4, 0.5) is 11.4 Å². The minimum Gasteiger partial charge on any atom is -0.370 e. The molecule has 2 saturated heterocycles. The molecule has 0 bridgehead atoms. The van der Waals surface area contributed by atoms with Crippen molar-refractivity contribution in [2.45, 2.75) is 30.6 Å². The molecular formula is C20H22ClN5O3S. The van der Waals surface area contributed by atoms with E-state index in [4.69, 9.17) is 11.6 Å². The number of fused-ring (bicyclic) bond motifs is 1. The summed E-state index contributed by atoms with van der Waals surface area (Å²) in [6, 6.07) is 5.67. The van der Waals surface area contributed by atoms with Gasteiger partial charge in [-0.1, -0.05) is 17.7 Å². The van der Waals surface area contributed by atoms with Crippen molar-refractivity contribution in [3.8, 4) is 11.1 Å². The van der Waals surface area contributed by atoms with E-state index in [0.717, 1.165) is 48.3 Å². The van der Waals surface area contributed by atoms with Gasteiger partial charge in [0, 0.05) is 50.1 Å². The van der Waals surface area contributed by atoms with Crippen molar-refractivity contribution in [2.75, 3.05) is 29.3 Å². The largest absolute Gasteiger partial charge is 0.370 e. The van der Waals surface area contributed by atoms with Crippen LogP contribution in [0.15, 0.2) is 30.6 Å². The lowest BCUT2D eigenvalue weighted by Crippen LogP contribution is -2.52. The summed E-state index contributed by atoms with van der Waals surface area (Å²) in [6.45, 7) is 1.50. The summed E-state index contributed by atoms with van der Waals surface area (Å²) in [6.07, 6.45) is 5.54. The molecule has 5 rings (SSSR count). The third-order valence-corrected chi connectivity index (χ3v) is 8.34. The molecule has 10 heteroatoms. The number of nitrogens with zero attached hydrogens (tertiary/aromatic N) is 3. The molecule has 1 amide bonds. The van der Waals surface area contributed by atoms with Gasteiger partial charge in [0.2, 0.25) is 15.9 Å². The minimum absolute atomic E-state index is 0.00503. The Morgan fingerprint density at radius 2 is 1.97 bits per heavy atom. The molecule has 0 unspecified atom stereocenters. The summed E-state index contributed by atoms with van der Waals surface area (Å²) >= 11 is 6.58. The van der Waals surface area contributed by atoms with Gasteiger partial charge in [-0.3, -0.25) is 19.5 Å². The molecule has 2 fully saturated rings. The van der Waals surface area contributed by atoms with Crippen LogP contribution in [0.3, 0.4) is 0 Å². The number of amides is 1. The third kappa shape index (κ3) is 3.12. The summed E-state index contributed by atoms with van der Waals surface area (Å²) in [5, 5.41) is 0.558. The van der Waals surface area contributed by atoms with Crippen LogP contribution in [0.1, 0.15) is 24.8 Å². The van der Waals surface area contributed by atoms with Crippen molar-refractivity contribution < 1.29 is 13.2 Å². The number of halogens is 1. The maximum atomic E-state index is 12.2. The zero-order chi connectivity index (χ0) is 21.1. The fraction of sp³-hybridized carbons (Fsp3) is 0.400.